The molecule has 1 aromatic carbocycles. The van der Waals surface area contributed by atoms with Gasteiger partial charge in [-0.2, -0.15) is 0 Å². The van der Waals surface area contributed by atoms with Gasteiger partial charge in [-0.15, -0.1) is 11.3 Å². The lowest BCUT2D eigenvalue weighted by Gasteiger charge is -2.44. The zero-order valence-electron chi connectivity index (χ0n) is 30.2. The van der Waals surface area contributed by atoms with Gasteiger partial charge in [0.1, 0.15) is 5.82 Å². The molecule has 0 aliphatic carbocycles. The Morgan fingerprint density at radius 1 is 0.980 bits per heavy atom. The third-order valence-corrected chi connectivity index (χ3v) is 13.0. The third kappa shape index (κ3) is 7.85. The number of hydrogen-bond donors (Lipinski definition) is 2. The van der Waals surface area contributed by atoms with Crippen molar-refractivity contribution in [2.75, 3.05) is 45.8 Å². The molecule has 2 aromatic rings. The molecule has 2 N–H and O–H groups in total. The van der Waals surface area contributed by atoms with E-state index in [1.54, 1.807) is 16.2 Å². The molecule has 2 atom stereocenters. The maximum Gasteiger partial charge on any atom is 0.253 e. The van der Waals surface area contributed by atoms with Crippen LogP contribution in [0.1, 0.15) is 97.1 Å². The monoisotopic (exact) mass is 721 g/mol. The number of nitrogens with one attached hydrogen (secondary N) is 2. The standard InChI is InChI=1S/C38H52FN7O4S/c1-24(2)40-29-20-32-37(50)44-14-8-26(9-15-44)35-41-31(25(3)51-35)21-33(47)42-38(22-34(48)43-16-10-30(11-17-43)46(32)23-29)12-18-45(19-13-38)36(49)27-4-6-28(39)7-5-27/h4-7,24,26,29-30,32,40H,8-23H2,1-3H3,(H,42,47)/t29-,32-/m0/s1. The number of halogens is 1. The minimum atomic E-state index is -0.798. The Labute approximate surface area is 304 Å². The van der Waals surface area contributed by atoms with Gasteiger partial charge in [0.05, 0.1) is 35.1 Å². The highest BCUT2D eigenvalue weighted by atomic mass is 32.1. The summed E-state index contributed by atoms with van der Waals surface area (Å²) >= 11 is 1.65. The molecule has 0 saturated carbocycles. The fraction of sp³-hybridized carbons (Fsp3) is 0.658. The number of benzene rings is 1. The Bertz CT molecular complexity index is 1610. The summed E-state index contributed by atoms with van der Waals surface area (Å²) < 4.78 is 13.5. The second-order valence-electron chi connectivity index (χ2n) is 15.7. The molecule has 7 aliphatic rings. The molecule has 7 aliphatic heterocycles. The minimum absolute atomic E-state index is 0.00501. The largest absolute Gasteiger partial charge is 0.350 e. The number of piperidine rings is 3. The minimum Gasteiger partial charge on any atom is -0.350 e. The van der Waals surface area contributed by atoms with Crippen LogP contribution in [-0.4, -0.2) is 124 Å². The number of thiazole rings is 1. The summed E-state index contributed by atoms with van der Waals surface area (Å²) in [4.78, 5) is 69.4. The Balaban J connectivity index is 1.13. The third-order valence-electron chi connectivity index (χ3n) is 11.9. The van der Waals surface area contributed by atoms with Crippen molar-refractivity contribution in [2.24, 2.45) is 0 Å². The maximum absolute atomic E-state index is 14.2. The second kappa shape index (κ2) is 14.9. The van der Waals surface area contributed by atoms with Crippen LogP contribution in [0.4, 0.5) is 4.39 Å². The van der Waals surface area contributed by atoms with E-state index in [2.05, 4.69) is 34.3 Å². The summed E-state index contributed by atoms with van der Waals surface area (Å²) in [6.45, 7) is 10.5. The van der Waals surface area contributed by atoms with Crippen LogP contribution in [0.2, 0.25) is 0 Å². The van der Waals surface area contributed by atoms with Crippen molar-refractivity contribution < 1.29 is 23.6 Å². The Morgan fingerprint density at radius 2 is 1.65 bits per heavy atom. The molecular formula is C38H52FN7O4S. The SMILES string of the molecule is Cc1sc2nc1CC(=O)NC1(CCN(C(=O)c3ccc(F)cc3)CC1)CC(=O)N1CCC(CC1)N1C[C@@H](NC(C)C)C[C@H]1C(=O)N1CCC2CC1. The number of nitrogens with zero attached hydrogens (tertiary/aromatic N) is 5. The smallest absolute Gasteiger partial charge is 0.253 e. The molecule has 1 aromatic heterocycles. The van der Waals surface area contributed by atoms with Crippen LogP contribution < -0.4 is 10.6 Å². The first-order valence-corrected chi connectivity index (χ1v) is 19.7. The van der Waals surface area contributed by atoms with Crippen LogP contribution in [0.25, 0.3) is 0 Å². The van der Waals surface area contributed by atoms with Crippen LogP contribution >= 0.6 is 11.3 Å². The van der Waals surface area contributed by atoms with Crippen LogP contribution in [0.15, 0.2) is 24.3 Å². The lowest BCUT2D eigenvalue weighted by Crippen LogP contribution is -2.59. The number of rotatable bonds is 3. The highest BCUT2D eigenvalue weighted by molar-refractivity contribution is 7.11. The molecule has 1 spiro atoms. The molecule has 0 unspecified atom stereocenters. The van der Waals surface area contributed by atoms with Crippen LogP contribution in [0.3, 0.4) is 0 Å². The van der Waals surface area contributed by atoms with Crippen LogP contribution in [-0.2, 0) is 20.8 Å². The molecule has 11 nitrogen and oxygen atoms in total. The number of carbonyl (C=O) groups excluding carboxylic acids is 4. The Kier molecular flexibility index (Phi) is 10.5. The van der Waals surface area contributed by atoms with E-state index in [9.17, 15) is 23.6 Å². The number of aromatic nitrogens is 1. The summed E-state index contributed by atoms with van der Waals surface area (Å²) in [5.74, 6) is -0.256. The predicted molar refractivity (Wildman–Crippen MR) is 193 cm³/mol. The Morgan fingerprint density at radius 3 is 2.31 bits per heavy atom. The summed E-state index contributed by atoms with van der Waals surface area (Å²) in [7, 11) is 0. The first-order valence-electron chi connectivity index (χ1n) is 18.9. The van der Waals surface area contributed by atoms with E-state index in [1.165, 1.54) is 24.3 Å². The average Bonchev–Trinajstić information content (AvgIpc) is 3.70. The molecular weight excluding hydrogens is 670 g/mol. The van der Waals surface area contributed by atoms with Crippen molar-refractivity contribution in [2.45, 2.75) is 114 Å². The number of carbonyl (C=O) groups is 4. The van der Waals surface area contributed by atoms with E-state index >= 15 is 0 Å². The lowest BCUT2D eigenvalue weighted by molar-refractivity contribution is -0.140. The summed E-state index contributed by atoms with van der Waals surface area (Å²) in [5.41, 5.74) is 0.381. The van der Waals surface area contributed by atoms with E-state index in [0.717, 1.165) is 54.2 Å². The molecule has 0 radical (unpaired) electrons. The number of aryl methyl sites for hydroxylation is 1. The molecule has 9 rings (SSSR count). The average molecular weight is 722 g/mol. The van der Waals surface area contributed by atoms with Gasteiger partial charge in [-0.25, -0.2) is 9.37 Å². The molecule has 4 fully saturated rings. The molecule has 6 bridgehead atoms. The van der Waals surface area contributed by atoms with Crippen LogP contribution in [0, 0.1) is 12.7 Å². The van der Waals surface area contributed by atoms with Gasteiger partial charge in [-0.1, -0.05) is 13.8 Å². The summed E-state index contributed by atoms with van der Waals surface area (Å²) in [5, 5.41) is 8.02. The van der Waals surface area contributed by atoms with Crippen molar-refractivity contribution in [1.29, 1.82) is 0 Å². The van der Waals surface area contributed by atoms with Crippen molar-refractivity contribution in [1.82, 2.24) is 35.2 Å². The molecule has 13 heteroatoms. The Hall–Kier alpha value is -3.42. The van der Waals surface area contributed by atoms with E-state index in [1.807, 2.05) is 11.8 Å². The van der Waals surface area contributed by atoms with Crippen molar-refractivity contribution in [3.63, 3.8) is 0 Å². The molecule has 276 valence electrons. The molecule has 51 heavy (non-hydrogen) atoms. The van der Waals surface area contributed by atoms with Crippen LogP contribution in [0.5, 0.6) is 0 Å². The van der Waals surface area contributed by atoms with Gasteiger partial charge in [0.15, 0.2) is 0 Å². The quantitative estimate of drug-likeness (QED) is 0.499. The number of likely N-dealkylation sites (tertiary alicyclic amines) is 1. The van der Waals surface area contributed by atoms with Gasteiger partial charge in [0.25, 0.3) is 5.91 Å². The first kappa shape index (κ1) is 36.0. The molecule has 4 saturated heterocycles. The van der Waals surface area contributed by atoms with E-state index in [4.69, 9.17) is 4.98 Å². The van der Waals surface area contributed by atoms with E-state index in [0.29, 0.717) is 63.7 Å². The molecule has 8 heterocycles. The number of hydrogen-bond acceptors (Lipinski definition) is 8. The number of amides is 4. The highest BCUT2D eigenvalue weighted by Gasteiger charge is 2.45. The summed E-state index contributed by atoms with van der Waals surface area (Å²) in [6, 6.07) is 6.19. The van der Waals surface area contributed by atoms with Gasteiger partial charge < -0.3 is 25.3 Å². The highest BCUT2D eigenvalue weighted by Crippen LogP contribution is 2.36. The van der Waals surface area contributed by atoms with Gasteiger partial charge in [0, 0.05) is 80.3 Å². The second-order valence-corrected chi connectivity index (χ2v) is 16.9. The van der Waals surface area contributed by atoms with E-state index in [-0.39, 0.29) is 60.5 Å². The fourth-order valence-corrected chi connectivity index (χ4v) is 10.2. The predicted octanol–water partition coefficient (Wildman–Crippen LogP) is 3.47. The topological polar surface area (TPSA) is 118 Å². The van der Waals surface area contributed by atoms with Gasteiger partial charge >= 0.3 is 0 Å². The van der Waals surface area contributed by atoms with Gasteiger partial charge in [-0.3, -0.25) is 24.1 Å². The zero-order valence-corrected chi connectivity index (χ0v) is 31.0. The lowest BCUT2D eigenvalue weighted by atomic mass is 9.83. The maximum atomic E-state index is 14.2. The van der Waals surface area contributed by atoms with Crippen molar-refractivity contribution in [3.05, 3.63) is 51.2 Å². The van der Waals surface area contributed by atoms with Crippen molar-refractivity contribution in [3.8, 4) is 0 Å². The summed E-state index contributed by atoms with van der Waals surface area (Å²) in [6.07, 6.45) is 5.29. The van der Waals surface area contributed by atoms with Gasteiger partial charge in [0.2, 0.25) is 17.7 Å². The number of fused-ring (bicyclic) bond motifs is 2. The zero-order chi connectivity index (χ0) is 35.9. The van der Waals surface area contributed by atoms with E-state index < -0.39 is 11.4 Å². The fourth-order valence-electron chi connectivity index (χ4n) is 9.05. The van der Waals surface area contributed by atoms with Gasteiger partial charge in [-0.05, 0) is 76.1 Å². The first-order chi connectivity index (χ1) is 24.5. The molecule has 4 amide bonds. The van der Waals surface area contributed by atoms with Crippen molar-refractivity contribution >= 4 is 35.0 Å². The normalized spacial score (nSPS) is 25.6.